The quantitative estimate of drug-likeness (QED) is 0.584. The first-order valence-corrected chi connectivity index (χ1v) is 5.32. The third-order valence-corrected chi connectivity index (χ3v) is 2.19. The van der Waals surface area contributed by atoms with Crippen molar-refractivity contribution in [3.63, 3.8) is 0 Å². The molecule has 0 aromatic carbocycles. The van der Waals surface area contributed by atoms with Crippen LogP contribution < -0.4 is 0 Å². The van der Waals surface area contributed by atoms with Gasteiger partial charge in [0, 0.05) is 18.7 Å². The summed E-state index contributed by atoms with van der Waals surface area (Å²) in [5.74, 6) is -0.310. The third kappa shape index (κ3) is 5.68. The number of rotatable bonds is 3. The van der Waals surface area contributed by atoms with E-state index >= 15 is 0 Å². The van der Waals surface area contributed by atoms with Gasteiger partial charge in [-0.25, -0.2) is 0 Å². The van der Waals surface area contributed by atoms with Gasteiger partial charge in [0.1, 0.15) is 0 Å². The zero-order valence-electron chi connectivity index (χ0n) is 5.36. The van der Waals surface area contributed by atoms with Gasteiger partial charge in [0.2, 0.25) is 3.42 Å². The van der Waals surface area contributed by atoms with E-state index in [1.165, 1.54) is 6.92 Å². The minimum Gasteiger partial charge on any atom is -0.437 e. The predicted molar refractivity (Wildman–Crippen MR) is 50.8 cm³/mol. The van der Waals surface area contributed by atoms with Crippen molar-refractivity contribution >= 4 is 53.8 Å². The van der Waals surface area contributed by atoms with Gasteiger partial charge in [-0.15, -0.1) is 0 Å². The Bertz CT molecular complexity index is 124. The molecule has 2 nitrogen and oxygen atoms in total. The minimum atomic E-state index is -0.699. The van der Waals surface area contributed by atoms with Crippen LogP contribution in [-0.4, -0.2) is 14.7 Å². The molecule has 0 aliphatic heterocycles. The molecule has 0 saturated carbocycles. The normalized spacial score (nSPS) is 11.2. The van der Waals surface area contributed by atoms with Crippen LogP contribution in [0.2, 0.25) is 0 Å². The van der Waals surface area contributed by atoms with Crippen molar-refractivity contribution in [2.45, 2.75) is 16.8 Å². The molecule has 0 radical (unpaired) electrons. The van der Waals surface area contributed by atoms with Crippen LogP contribution in [0.15, 0.2) is 0 Å². The topological polar surface area (TPSA) is 26.3 Å². The number of carbonyl (C=O) groups is 1. The summed E-state index contributed by atoms with van der Waals surface area (Å²) in [5, 5.41) is 0.761. The van der Waals surface area contributed by atoms with Crippen molar-refractivity contribution in [2.24, 2.45) is 0 Å². The lowest BCUT2D eigenvalue weighted by Gasteiger charge is -2.18. The molecule has 0 atom stereocenters. The Balaban J connectivity index is 3.74. The predicted octanol–water partition coefficient (Wildman–Crippen LogP) is 2.78. The van der Waals surface area contributed by atoms with E-state index in [1.807, 2.05) is 0 Å². The van der Waals surface area contributed by atoms with Crippen LogP contribution in [0, 0.1) is 0 Å². The highest BCUT2D eigenvalue weighted by Gasteiger charge is 2.24. The maximum absolute atomic E-state index is 10.4. The van der Waals surface area contributed by atoms with Crippen LogP contribution in [0.1, 0.15) is 13.3 Å². The Labute approximate surface area is 85.1 Å². The molecule has 0 rings (SSSR count). The molecule has 0 N–H and O–H groups in total. The summed E-state index contributed by atoms with van der Waals surface area (Å²) in [6.07, 6.45) is 0.673. The highest BCUT2D eigenvalue weighted by atomic mass is 79.9. The second kappa shape index (κ2) is 4.72. The van der Waals surface area contributed by atoms with E-state index < -0.39 is 3.42 Å². The second-order valence-corrected chi connectivity index (χ2v) is 6.09. The smallest absolute Gasteiger partial charge is 0.304 e. The molecule has 10 heavy (non-hydrogen) atoms. The average molecular weight is 339 g/mol. The average Bonchev–Trinajstić information content (AvgIpc) is 1.59. The Morgan fingerprint density at radius 2 is 2.10 bits per heavy atom. The number of alkyl halides is 3. The Hall–Kier alpha value is 0.910. The van der Waals surface area contributed by atoms with E-state index in [-0.39, 0.29) is 5.97 Å². The van der Waals surface area contributed by atoms with Gasteiger partial charge in [-0.2, -0.15) is 0 Å². The van der Waals surface area contributed by atoms with Gasteiger partial charge in [-0.05, 0) is 31.9 Å². The van der Waals surface area contributed by atoms with E-state index in [1.54, 1.807) is 0 Å². The third-order valence-electron chi connectivity index (χ3n) is 0.679. The van der Waals surface area contributed by atoms with Crippen molar-refractivity contribution in [1.82, 2.24) is 0 Å². The Morgan fingerprint density at radius 1 is 1.60 bits per heavy atom. The summed E-state index contributed by atoms with van der Waals surface area (Å²) in [7, 11) is 0. The zero-order chi connectivity index (χ0) is 8.20. The van der Waals surface area contributed by atoms with E-state index in [4.69, 9.17) is 4.74 Å². The van der Waals surface area contributed by atoms with Gasteiger partial charge in [-0.1, -0.05) is 15.9 Å². The van der Waals surface area contributed by atoms with Crippen molar-refractivity contribution in [1.29, 1.82) is 0 Å². The van der Waals surface area contributed by atoms with E-state index in [9.17, 15) is 4.79 Å². The van der Waals surface area contributed by atoms with E-state index in [2.05, 4.69) is 47.8 Å². The first-order chi connectivity index (χ1) is 4.48. The number of hydrogen-bond acceptors (Lipinski definition) is 2. The molecule has 0 bridgehead atoms. The fourth-order valence-corrected chi connectivity index (χ4v) is 2.85. The summed E-state index contributed by atoms with van der Waals surface area (Å²) in [6, 6.07) is 0. The highest BCUT2D eigenvalue weighted by Crippen LogP contribution is 2.32. The first kappa shape index (κ1) is 10.9. The van der Waals surface area contributed by atoms with Crippen LogP contribution in [-0.2, 0) is 9.53 Å². The van der Waals surface area contributed by atoms with E-state index in [0.717, 1.165) is 5.33 Å². The summed E-state index contributed by atoms with van der Waals surface area (Å²) in [5.41, 5.74) is 0. The van der Waals surface area contributed by atoms with Crippen molar-refractivity contribution in [3.8, 4) is 0 Å². The number of ether oxygens (including phenoxy) is 1. The molecular formula is C5H7Br3O2. The molecule has 0 aliphatic rings. The molecule has 0 aliphatic carbocycles. The molecule has 0 spiro atoms. The van der Waals surface area contributed by atoms with Crippen LogP contribution in [0.5, 0.6) is 0 Å². The van der Waals surface area contributed by atoms with Gasteiger partial charge in [0.05, 0.1) is 0 Å². The fraction of sp³-hybridized carbons (Fsp3) is 0.800. The number of hydrogen-bond donors (Lipinski definition) is 0. The zero-order valence-corrected chi connectivity index (χ0v) is 10.1. The SMILES string of the molecule is CC(=O)OC(Br)(Br)CCBr. The minimum absolute atomic E-state index is 0.310. The molecule has 0 heterocycles. The van der Waals surface area contributed by atoms with Gasteiger partial charge in [0.15, 0.2) is 0 Å². The molecule has 0 unspecified atom stereocenters. The molecule has 0 amide bonds. The monoisotopic (exact) mass is 336 g/mol. The molecule has 60 valence electrons. The molecule has 0 fully saturated rings. The van der Waals surface area contributed by atoms with Crippen LogP contribution in [0.3, 0.4) is 0 Å². The van der Waals surface area contributed by atoms with Gasteiger partial charge < -0.3 is 4.74 Å². The molecule has 0 saturated heterocycles. The standard InChI is InChI=1S/C5H7Br3O2/c1-4(9)10-5(7,8)2-3-6/h2-3H2,1H3. The lowest BCUT2D eigenvalue weighted by atomic mass is 10.5. The number of esters is 1. The number of carbonyl (C=O) groups excluding carboxylic acids is 1. The van der Waals surface area contributed by atoms with Crippen molar-refractivity contribution in [3.05, 3.63) is 0 Å². The van der Waals surface area contributed by atoms with E-state index in [0.29, 0.717) is 6.42 Å². The van der Waals surface area contributed by atoms with Gasteiger partial charge in [-0.3, -0.25) is 4.79 Å². The fourth-order valence-electron chi connectivity index (χ4n) is 0.371. The summed E-state index contributed by atoms with van der Waals surface area (Å²) >= 11 is 9.60. The lowest BCUT2D eigenvalue weighted by Crippen LogP contribution is -2.19. The molecule has 0 aromatic heterocycles. The first-order valence-electron chi connectivity index (χ1n) is 2.61. The largest absolute Gasteiger partial charge is 0.437 e. The van der Waals surface area contributed by atoms with Crippen LogP contribution >= 0.6 is 47.8 Å². The highest BCUT2D eigenvalue weighted by molar-refractivity contribution is 9.25. The summed E-state index contributed by atoms with van der Waals surface area (Å²) in [6.45, 7) is 1.37. The molecule has 5 heteroatoms. The van der Waals surface area contributed by atoms with Crippen molar-refractivity contribution < 1.29 is 9.53 Å². The van der Waals surface area contributed by atoms with Crippen LogP contribution in [0.25, 0.3) is 0 Å². The van der Waals surface area contributed by atoms with Crippen LogP contribution in [0.4, 0.5) is 0 Å². The maximum Gasteiger partial charge on any atom is 0.304 e. The van der Waals surface area contributed by atoms with Gasteiger partial charge >= 0.3 is 5.97 Å². The second-order valence-electron chi connectivity index (χ2n) is 1.67. The number of halogens is 3. The Kier molecular flexibility index (Phi) is 5.15. The van der Waals surface area contributed by atoms with Crippen molar-refractivity contribution in [2.75, 3.05) is 5.33 Å². The molecular weight excluding hydrogens is 332 g/mol. The maximum atomic E-state index is 10.4. The Morgan fingerprint density at radius 3 is 2.40 bits per heavy atom. The molecule has 0 aromatic rings. The van der Waals surface area contributed by atoms with Gasteiger partial charge in [0.25, 0.3) is 0 Å². The lowest BCUT2D eigenvalue weighted by molar-refractivity contribution is -0.143. The summed E-state index contributed by atoms with van der Waals surface area (Å²) < 4.78 is 4.14. The summed E-state index contributed by atoms with van der Waals surface area (Å²) in [4.78, 5) is 10.4.